The molecule has 4 bridgehead atoms. The van der Waals surface area contributed by atoms with Crippen LogP contribution in [-0.4, -0.2) is 57.4 Å². The van der Waals surface area contributed by atoms with E-state index in [-0.39, 0.29) is 42.7 Å². The third kappa shape index (κ3) is 6.92. The van der Waals surface area contributed by atoms with Gasteiger partial charge in [-0.2, -0.15) is 0 Å². The van der Waals surface area contributed by atoms with Crippen LogP contribution in [0.4, 0.5) is 5.69 Å². The fraction of sp³-hybridized carbons (Fsp3) is 0.500. The van der Waals surface area contributed by atoms with E-state index >= 15 is 0 Å². The molecule has 0 aromatic carbocycles. The van der Waals surface area contributed by atoms with E-state index in [9.17, 15) is 24.0 Å². The van der Waals surface area contributed by atoms with E-state index in [0.29, 0.717) is 11.8 Å². The molecule has 4 fully saturated rings. The summed E-state index contributed by atoms with van der Waals surface area (Å²) >= 11 is 0. The highest BCUT2D eigenvalue weighted by atomic mass is 16.5. The van der Waals surface area contributed by atoms with Gasteiger partial charge in [0.1, 0.15) is 24.0 Å². The first-order chi connectivity index (χ1) is 20.3. The van der Waals surface area contributed by atoms with E-state index in [1.54, 1.807) is 6.07 Å². The summed E-state index contributed by atoms with van der Waals surface area (Å²) < 4.78 is 5.84. The Kier molecular flexibility index (Phi) is 9.09. The number of carbonyl (C=O) groups excluding carboxylic acids is 4. The minimum Gasteiger partial charge on any atom is -0.466 e. The molecule has 3 N–H and O–H groups in total. The minimum atomic E-state index is -1.06. The van der Waals surface area contributed by atoms with Crippen LogP contribution in [0, 0.1) is 23.7 Å². The highest BCUT2D eigenvalue weighted by Gasteiger charge is 2.48. The van der Waals surface area contributed by atoms with E-state index in [1.807, 2.05) is 0 Å². The van der Waals surface area contributed by atoms with Crippen molar-refractivity contribution in [1.29, 1.82) is 0 Å². The number of ether oxygens (including phenoxy) is 1. The summed E-state index contributed by atoms with van der Waals surface area (Å²) in [5.74, 6) is 0.608. The Labute approximate surface area is 243 Å². The maximum Gasteiger partial charge on any atom is 0.330 e. The van der Waals surface area contributed by atoms with Gasteiger partial charge >= 0.3 is 5.97 Å². The van der Waals surface area contributed by atoms with Gasteiger partial charge in [0.25, 0.3) is 11.5 Å². The maximum atomic E-state index is 13.2. The van der Waals surface area contributed by atoms with Crippen LogP contribution in [0.15, 0.2) is 53.9 Å². The van der Waals surface area contributed by atoms with Crippen molar-refractivity contribution in [2.24, 2.45) is 23.7 Å². The average Bonchev–Trinajstić information content (AvgIpc) is 2.98. The molecule has 2 heterocycles. The van der Waals surface area contributed by atoms with E-state index in [1.165, 1.54) is 86.8 Å². The third-order valence-electron chi connectivity index (χ3n) is 8.64. The lowest BCUT2D eigenvalue weighted by Gasteiger charge is -2.54. The van der Waals surface area contributed by atoms with Crippen molar-refractivity contribution in [2.45, 2.75) is 63.6 Å². The Morgan fingerprint density at radius 2 is 1.83 bits per heavy atom. The number of pyridine rings is 1. The van der Waals surface area contributed by atoms with Crippen LogP contribution in [-0.2, 0) is 25.7 Å². The lowest BCUT2D eigenvalue weighted by Crippen LogP contribution is -2.56. The van der Waals surface area contributed by atoms with E-state index < -0.39 is 29.4 Å². The Hall–Kier alpha value is -4.35. The monoisotopic (exact) mass is 576 g/mol. The second-order valence-corrected chi connectivity index (χ2v) is 11.5. The summed E-state index contributed by atoms with van der Waals surface area (Å²) in [6.45, 7) is -0.156. The molecule has 0 saturated heterocycles. The topological polar surface area (TPSA) is 161 Å². The number of carbonyl (C=O) groups is 4. The van der Waals surface area contributed by atoms with Gasteiger partial charge in [0.05, 0.1) is 13.3 Å². The maximum absolute atomic E-state index is 13.2. The molecule has 2 aromatic heterocycles. The second kappa shape index (κ2) is 13.1. The summed E-state index contributed by atoms with van der Waals surface area (Å²) in [4.78, 5) is 71.4. The Morgan fingerprint density at radius 3 is 2.50 bits per heavy atom. The molecular weight excluding hydrogens is 540 g/mol. The quantitative estimate of drug-likeness (QED) is 0.270. The van der Waals surface area contributed by atoms with Gasteiger partial charge in [-0.25, -0.2) is 9.78 Å². The molecule has 4 saturated carbocycles. The predicted octanol–water partition coefficient (Wildman–Crippen LogP) is 1.83. The lowest BCUT2D eigenvalue weighted by atomic mass is 9.54. The molecule has 12 heteroatoms. The van der Waals surface area contributed by atoms with Crippen molar-refractivity contribution in [3.05, 3.63) is 65.1 Å². The number of esters is 1. The standard InChI is InChI=1S/C30H36N6O6/c1-42-26(38)7-3-2-5-22(33-29(40)24-16-31-8-9-32-24)28(39)34-23-6-4-10-36(30(23)41)17-25(37)35-27-20-12-18-11-19(14-20)15-21(27)13-18/h3-4,6-10,16,18-22,27H,2,5,11-15,17H2,1H3,(H,33,40)(H,34,39)(H,35,37)/b7-3+. The first kappa shape index (κ1) is 29.2. The molecule has 3 amide bonds. The van der Waals surface area contributed by atoms with E-state index in [4.69, 9.17) is 0 Å². The molecular formula is C30H36N6O6. The Balaban J connectivity index is 1.23. The van der Waals surface area contributed by atoms with Crippen molar-refractivity contribution >= 4 is 29.4 Å². The number of hydrogen-bond acceptors (Lipinski definition) is 8. The van der Waals surface area contributed by atoms with Crippen molar-refractivity contribution < 1.29 is 23.9 Å². The van der Waals surface area contributed by atoms with Crippen LogP contribution in [0.25, 0.3) is 0 Å². The van der Waals surface area contributed by atoms with Gasteiger partial charge in [0, 0.05) is 30.7 Å². The molecule has 1 unspecified atom stereocenters. The second-order valence-electron chi connectivity index (χ2n) is 11.5. The smallest absolute Gasteiger partial charge is 0.330 e. The number of allylic oxidation sites excluding steroid dienone is 1. The van der Waals surface area contributed by atoms with Gasteiger partial charge in [-0.1, -0.05) is 6.08 Å². The number of hydrogen-bond donors (Lipinski definition) is 3. The number of rotatable bonds is 11. The average molecular weight is 577 g/mol. The molecule has 4 aliphatic rings. The molecule has 12 nitrogen and oxygen atoms in total. The number of anilines is 1. The summed E-state index contributed by atoms with van der Waals surface area (Å²) in [7, 11) is 1.25. The Morgan fingerprint density at radius 1 is 1.10 bits per heavy atom. The van der Waals surface area contributed by atoms with Gasteiger partial charge in [-0.15, -0.1) is 0 Å². The fourth-order valence-corrected chi connectivity index (χ4v) is 6.95. The highest BCUT2D eigenvalue weighted by Crippen LogP contribution is 2.53. The first-order valence-corrected chi connectivity index (χ1v) is 14.4. The molecule has 4 aliphatic carbocycles. The van der Waals surface area contributed by atoms with Crippen molar-refractivity contribution in [3.63, 3.8) is 0 Å². The molecule has 42 heavy (non-hydrogen) atoms. The molecule has 1 atom stereocenters. The molecule has 2 aromatic rings. The van der Waals surface area contributed by atoms with Crippen molar-refractivity contribution in [3.8, 4) is 0 Å². The molecule has 0 radical (unpaired) electrons. The van der Waals surface area contributed by atoms with Crippen LogP contribution in [0.5, 0.6) is 0 Å². The van der Waals surface area contributed by atoms with Gasteiger partial charge in [0.15, 0.2) is 0 Å². The van der Waals surface area contributed by atoms with Gasteiger partial charge < -0.3 is 25.3 Å². The van der Waals surface area contributed by atoms with Crippen LogP contribution in [0.1, 0.15) is 55.4 Å². The van der Waals surface area contributed by atoms with Crippen molar-refractivity contribution in [2.75, 3.05) is 12.4 Å². The van der Waals surface area contributed by atoms with Gasteiger partial charge in [0.2, 0.25) is 11.8 Å². The summed E-state index contributed by atoms with van der Waals surface area (Å²) in [6, 6.07) is 2.13. The highest BCUT2D eigenvalue weighted by molar-refractivity contribution is 6.00. The zero-order valence-corrected chi connectivity index (χ0v) is 23.5. The predicted molar refractivity (Wildman–Crippen MR) is 152 cm³/mol. The van der Waals surface area contributed by atoms with Crippen LogP contribution < -0.4 is 21.5 Å². The SMILES string of the molecule is COC(=O)/C=C/CCC(NC(=O)c1cnccn1)C(=O)Nc1cccn(CC(=O)NC2C3CC4CC(C3)CC2C4)c1=O. The number of aromatic nitrogens is 3. The molecule has 0 spiro atoms. The van der Waals surface area contributed by atoms with E-state index in [0.717, 1.165) is 11.8 Å². The molecule has 0 aliphatic heterocycles. The van der Waals surface area contributed by atoms with E-state index in [2.05, 4.69) is 30.7 Å². The largest absolute Gasteiger partial charge is 0.466 e. The number of nitrogens with zero attached hydrogens (tertiary/aromatic N) is 3. The van der Waals surface area contributed by atoms with Gasteiger partial charge in [-0.05, 0) is 80.8 Å². The normalized spacial score (nSPS) is 24.6. The number of nitrogens with one attached hydrogen (secondary N) is 3. The summed E-state index contributed by atoms with van der Waals surface area (Å²) in [5, 5.41) is 8.42. The first-order valence-electron chi connectivity index (χ1n) is 14.4. The fourth-order valence-electron chi connectivity index (χ4n) is 6.95. The summed E-state index contributed by atoms with van der Waals surface area (Å²) in [6.07, 6.45) is 14.7. The minimum absolute atomic E-state index is 0.0196. The van der Waals surface area contributed by atoms with Crippen molar-refractivity contribution in [1.82, 2.24) is 25.2 Å². The van der Waals surface area contributed by atoms with Crippen LogP contribution in [0.2, 0.25) is 0 Å². The molecule has 222 valence electrons. The number of amides is 3. The zero-order valence-electron chi connectivity index (χ0n) is 23.5. The van der Waals surface area contributed by atoms with Crippen LogP contribution >= 0.6 is 0 Å². The zero-order chi connectivity index (χ0) is 29.6. The summed E-state index contributed by atoms with van der Waals surface area (Å²) in [5.41, 5.74) is -0.530. The Bertz CT molecular complexity index is 1380. The number of methoxy groups -OCH3 is 1. The molecule has 6 rings (SSSR count). The third-order valence-corrected chi connectivity index (χ3v) is 8.64. The van der Waals surface area contributed by atoms with Crippen LogP contribution in [0.3, 0.4) is 0 Å². The van der Waals surface area contributed by atoms with Gasteiger partial charge in [-0.3, -0.25) is 24.2 Å². The lowest BCUT2D eigenvalue weighted by molar-refractivity contribution is -0.134.